The van der Waals surface area contributed by atoms with Gasteiger partial charge in [0, 0.05) is 11.5 Å². The van der Waals surface area contributed by atoms with E-state index in [9.17, 15) is 0 Å². The highest BCUT2D eigenvalue weighted by Crippen LogP contribution is 2.23. The Morgan fingerprint density at radius 3 is 2.45 bits per heavy atom. The molecule has 1 heterocycles. The second-order valence-electron chi connectivity index (χ2n) is 2.59. The van der Waals surface area contributed by atoms with E-state index < -0.39 is 0 Å². The van der Waals surface area contributed by atoms with Crippen molar-refractivity contribution in [1.82, 2.24) is 0 Å². The number of hydrogen-bond acceptors (Lipinski definition) is 2. The predicted molar refractivity (Wildman–Crippen MR) is 48.2 cm³/mol. The van der Waals surface area contributed by atoms with E-state index in [2.05, 4.69) is 0 Å². The van der Waals surface area contributed by atoms with Crippen molar-refractivity contribution in [3.05, 3.63) is 30.3 Å². The first-order chi connectivity index (χ1) is 5.45. The highest BCUT2D eigenvalue weighted by Gasteiger charge is 2.19. The van der Waals surface area contributed by atoms with Crippen molar-refractivity contribution in [3.8, 4) is 5.75 Å². The summed E-state index contributed by atoms with van der Waals surface area (Å²) in [5.74, 6) is 3.29. The summed E-state index contributed by atoms with van der Waals surface area (Å²) in [5, 5.41) is 0. The van der Waals surface area contributed by atoms with Gasteiger partial charge in [-0.05, 0) is 12.1 Å². The molecule has 0 N–H and O–H groups in total. The molecule has 0 radical (unpaired) electrons. The topological polar surface area (TPSA) is 9.23 Å². The maximum atomic E-state index is 5.63. The zero-order valence-electron chi connectivity index (χ0n) is 6.19. The van der Waals surface area contributed by atoms with E-state index in [1.807, 2.05) is 42.1 Å². The van der Waals surface area contributed by atoms with Crippen LogP contribution in [-0.2, 0) is 0 Å². The van der Waals surface area contributed by atoms with Gasteiger partial charge in [-0.3, -0.25) is 0 Å². The molecule has 0 unspecified atom stereocenters. The molecule has 1 aliphatic rings. The molecule has 1 saturated heterocycles. The summed E-state index contributed by atoms with van der Waals surface area (Å²) in [5.41, 5.74) is 0. The van der Waals surface area contributed by atoms with Crippen molar-refractivity contribution in [2.75, 3.05) is 11.5 Å². The normalized spacial score (nSPS) is 17.5. The minimum atomic E-state index is 0.461. The second kappa shape index (κ2) is 3.18. The SMILES string of the molecule is c1ccc(OC2CSC2)cc1. The summed E-state index contributed by atoms with van der Waals surface area (Å²) in [4.78, 5) is 0. The summed E-state index contributed by atoms with van der Waals surface area (Å²) in [7, 11) is 0. The van der Waals surface area contributed by atoms with Crippen LogP contribution in [0.2, 0.25) is 0 Å². The maximum Gasteiger partial charge on any atom is 0.119 e. The smallest absolute Gasteiger partial charge is 0.119 e. The van der Waals surface area contributed by atoms with E-state index in [1.54, 1.807) is 0 Å². The third-order valence-corrected chi connectivity index (χ3v) is 2.87. The summed E-state index contributed by atoms with van der Waals surface area (Å²) in [6.07, 6.45) is 0.461. The van der Waals surface area contributed by atoms with Gasteiger partial charge in [-0.15, -0.1) is 0 Å². The average Bonchev–Trinajstić information content (AvgIpc) is 1.99. The van der Waals surface area contributed by atoms with E-state index >= 15 is 0 Å². The van der Waals surface area contributed by atoms with Gasteiger partial charge in [0.15, 0.2) is 0 Å². The van der Waals surface area contributed by atoms with Gasteiger partial charge >= 0.3 is 0 Å². The largest absolute Gasteiger partial charge is 0.489 e. The molecular formula is C9H10OS. The standard InChI is InChI=1S/C9H10OS/c1-2-4-8(5-3-1)10-9-6-11-7-9/h1-5,9H,6-7H2. The van der Waals surface area contributed by atoms with Crippen molar-refractivity contribution in [1.29, 1.82) is 0 Å². The van der Waals surface area contributed by atoms with Gasteiger partial charge in [0.25, 0.3) is 0 Å². The third kappa shape index (κ3) is 1.69. The highest BCUT2D eigenvalue weighted by molar-refractivity contribution is 8.00. The molecule has 1 aliphatic heterocycles. The molecular weight excluding hydrogens is 156 g/mol. The number of hydrogen-bond donors (Lipinski definition) is 0. The first kappa shape index (κ1) is 7.04. The number of benzene rings is 1. The van der Waals surface area contributed by atoms with Crippen LogP contribution >= 0.6 is 11.8 Å². The number of ether oxygens (including phenoxy) is 1. The minimum Gasteiger partial charge on any atom is -0.489 e. The van der Waals surface area contributed by atoms with Crippen LogP contribution in [0.5, 0.6) is 5.75 Å². The van der Waals surface area contributed by atoms with Gasteiger partial charge in [0.2, 0.25) is 0 Å². The first-order valence-corrected chi connectivity index (χ1v) is 4.90. The lowest BCUT2D eigenvalue weighted by Gasteiger charge is -2.25. The number of para-hydroxylation sites is 1. The summed E-state index contributed by atoms with van der Waals surface area (Å²) >= 11 is 1.94. The summed E-state index contributed by atoms with van der Waals surface area (Å²) in [6.45, 7) is 0. The van der Waals surface area contributed by atoms with Crippen LogP contribution in [0.3, 0.4) is 0 Å². The molecule has 58 valence electrons. The van der Waals surface area contributed by atoms with E-state index in [4.69, 9.17) is 4.74 Å². The second-order valence-corrected chi connectivity index (χ2v) is 3.67. The van der Waals surface area contributed by atoms with Crippen LogP contribution < -0.4 is 4.74 Å². The van der Waals surface area contributed by atoms with Crippen molar-refractivity contribution in [3.63, 3.8) is 0 Å². The van der Waals surface area contributed by atoms with Crippen molar-refractivity contribution in [2.24, 2.45) is 0 Å². The monoisotopic (exact) mass is 166 g/mol. The molecule has 0 aromatic heterocycles. The van der Waals surface area contributed by atoms with Crippen LogP contribution in [0.25, 0.3) is 0 Å². The highest BCUT2D eigenvalue weighted by atomic mass is 32.2. The molecule has 1 nitrogen and oxygen atoms in total. The van der Waals surface area contributed by atoms with Crippen LogP contribution in [0.15, 0.2) is 30.3 Å². The molecule has 0 spiro atoms. The fourth-order valence-corrected chi connectivity index (χ4v) is 1.54. The number of thioether (sulfide) groups is 1. The molecule has 0 bridgehead atoms. The Morgan fingerprint density at radius 1 is 1.18 bits per heavy atom. The van der Waals surface area contributed by atoms with Gasteiger partial charge in [-0.1, -0.05) is 18.2 Å². The molecule has 11 heavy (non-hydrogen) atoms. The fraction of sp³-hybridized carbons (Fsp3) is 0.333. The molecule has 0 amide bonds. The molecule has 0 aliphatic carbocycles. The molecule has 1 aromatic rings. The fourth-order valence-electron chi connectivity index (χ4n) is 0.974. The minimum absolute atomic E-state index is 0.461. The third-order valence-electron chi connectivity index (χ3n) is 1.65. The lowest BCUT2D eigenvalue weighted by molar-refractivity contribution is 0.240. The molecule has 2 rings (SSSR count). The Bertz CT molecular complexity index is 218. The zero-order valence-corrected chi connectivity index (χ0v) is 7.01. The van der Waals surface area contributed by atoms with Gasteiger partial charge in [0.05, 0.1) is 0 Å². The lowest BCUT2D eigenvalue weighted by atomic mass is 10.3. The molecule has 1 fully saturated rings. The van der Waals surface area contributed by atoms with Gasteiger partial charge in [0.1, 0.15) is 11.9 Å². The van der Waals surface area contributed by atoms with Crippen LogP contribution in [0.1, 0.15) is 0 Å². The van der Waals surface area contributed by atoms with Gasteiger partial charge in [-0.25, -0.2) is 0 Å². The summed E-state index contributed by atoms with van der Waals surface area (Å²) < 4.78 is 5.63. The van der Waals surface area contributed by atoms with Crippen LogP contribution in [0.4, 0.5) is 0 Å². The molecule has 0 atom stereocenters. The van der Waals surface area contributed by atoms with Gasteiger partial charge in [-0.2, -0.15) is 11.8 Å². The van der Waals surface area contributed by atoms with Crippen LogP contribution in [0, 0.1) is 0 Å². The van der Waals surface area contributed by atoms with Crippen molar-refractivity contribution >= 4 is 11.8 Å². The van der Waals surface area contributed by atoms with Crippen LogP contribution in [-0.4, -0.2) is 17.6 Å². The van der Waals surface area contributed by atoms with E-state index in [0.29, 0.717) is 6.10 Å². The number of rotatable bonds is 2. The lowest BCUT2D eigenvalue weighted by Crippen LogP contribution is -2.30. The first-order valence-electron chi connectivity index (χ1n) is 3.74. The Labute approximate surface area is 70.8 Å². The van der Waals surface area contributed by atoms with Gasteiger partial charge < -0.3 is 4.74 Å². The molecule has 0 saturated carbocycles. The molecule has 2 heteroatoms. The van der Waals surface area contributed by atoms with E-state index in [1.165, 1.54) is 0 Å². The Morgan fingerprint density at radius 2 is 1.91 bits per heavy atom. The van der Waals surface area contributed by atoms with Crippen molar-refractivity contribution in [2.45, 2.75) is 6.10 Å². The quantitative estimate of drug-likeness (QED) is 0.666. The van der Waals surface area contributed by atoms with E-state index in [-0.39, 0.29) is 0 Å². The average molecular weight is 166 g/mol. The predicted octanol–water partition coefficient (Wildman–Crippen LogP) is 2.18. The Hall–Kier alpha value is -0.630. The Kier molecular flexibility index (Phi) is 2.04. The van der Waals surface area contributed by atoms with E-state index in [0.717, 1.165) is 17.3 Å². The molecule has 1 aromatic carbocycles. The maximum absolute atomic E-state index is 5.63. The Balaban J connectivity index is 1.95. The summed E-state index contributed by atoms with van der Waals surface area (Å²) in [6, 6.07) is 10.0. The zero-order chi connectivity index (χ0) is 7.52. The van der Waals surface area contributed by atoms with Crippen molar-refractivity contribution < 1.29 is 4.74 Å².